The lowest BCUT2D eigenvalue weighted by molar-refractivity contribution is 0.102. The van der Waals surface area contributed by atoms with Crippen molar-refractivity contribution < 1.29 is 9.47 Å². The molecule has 0 bridgehead atoms. The minimum absolute atomic E-state index is 0.109. The Labute approximate surface area is 85.3 Å². The molecule has 2 saturated heterocycles. The number of nitrogens with two attached hydrogens (primary N) is 1. The first-order valence-electron chi connectivity index (χ1n) is 5.34. The molecule has 0 aliphatic carbocycles. The van der Waals surface area contributed by atoms with Gasteiger partial charge in [-0.2, -0.15) is 0 Å². The summed E-state index contributed by atoms with van der Waals surface area (Å²) in [5.41, 5.74) is 6.11. The molecule has 2 fully saturated rings. The maximum Gasteiger partial charge on any atom is 0.0710 e. The molecular weight excluding hydrogens is 180 g/mol. The fourth-order valence-corrected chi connectivity index (χ4v) is 2.33. The van der Waals surface area contributed by atoms with E-state index in [1.807, 2.05) is 0 Å². The molecule has 0 saturated carbocycles. The molecule has 4 nitrogen and oxygen atoms in total. The lowest BCUT2D eigenvalue weighted by Crippen LogP contribution is -2.50. The number of hydrogen-bond acceptors (Lipinski definition) is 4. The lowest BCUT2D eigenvalue weighted by Gasteiger charge is -2.28. The van der Waals surface area contributed by atoms with Gasteiger partial charge in [0.1, 0.15) is 0 Å². The second kappa shape index (κ2) is 4.14. The van der Waals surface area contributed by atoms with Gasteiger partial charge in [-0.1, -0.05) is 0 Å². The van der Waals surface area contributed by atoms with E-state index in [1.54, 1.807) is 7.11 Å². The van der Waals surface area contributed by atoms with Gasteiger partial charge in [-0.3, -0.25) is 4.90 Å². The van der Waals surface area contributed by atoms with Gasteiger partial charge in [-0.15, -0.1) is 0 Å². The fraction of sp³-hybridized carbons (Fsp3) is 1.00. The summed E-state index contributed by atoms with van der Waals surface area (Å²) in [6, 6.07) is 0. The highest BCUT2D eigenvalue weighted by molar-refractivity contribution is 4.93. The second-order valence-corrected chi connectivity index (χ2v) is 4.55. The molecule has 14 heavy (non-hydrogen) atoms. The third kappa shape index (κ3) is 2.25. The van der Waals surface area contributed by atoms with Crippen LogP contribution in [0.2, 0.25) is 0 Å². The molecule has 0 spiro atoms. The molecule has 0 aromatic rings. The van der Waals surface area contributed by atoms with E-state index in [1.165, 1.54) is 0 Å². The standard InChI is InChI=1S/C10H20N2O2/c1-13-9-2-4-12(6-9)7-10(11)3-5-14-8-10/h9H,2-8,11H2,1H3. The van der Waals surface area contributed by atoms with Crippen LogP contribution in [0.3, 0.4) is 0 Å². The maximum absolute atomic E-state index is 6.22. The Morgan fingerprint density at radius 2 is 2.50 bits per heavy atom. The number of likely N-dealkylation sites (tertiary alicyclic amines) is 1. The van der Waals surface area contributed by atoms with Gasteiger partial charge in [0, 0.05) is 33.4 Å². The third-order valence-electron chi connectivity index (χ3n) is 3.23. The Balaban J connectivity index is 1.80. The zero-order valence-corrected chi connectivity index (χ0v) is 8.87. The predicted molar refractivity (Wildman–Crippen MR) is 54.2 cm³/mol. The summed E-state index contributed by atoms with van der Waals surface area (Å²) in [7, 11) is 1.78. The van der Waals surface area contributed by atoms with Gasteiger partial charge in [0.15, 0.2) is 0 Å². The summed E-state index contributed by atoms with van der Waals surface area (Å²) in [6.45, 7) is 4.61. The second-order valence-electron chi connectivity index (χ2n) is 4.55. The van der Waals surface area contributed by atoms with E-state index >= 15 is 0 Å². The summed E-state index contributed by atoms with van der Waals surface area (Å²) >= 11 is 0. The van der Waals surface area contributed by atoms with Crippen LogP contribution >= 0.6 is 0 Å². The minimum Gasteiger partial charge on any atom is -0.380 e. The Kier molecular flexibility index (Phi) is 3.07. The third-order valence-corrected chi connectivity index (χ3v) is 3.23. The van der Waals surface area contributed by atoms with Crippen molar-refractivity contribution in [2.24, 2.45) is 5.73 Å². The summed E-state index contributed by atoms with van der Waals surface area (Å²) in [5.74, 6) is 0. The number of ether oxygens (including phenoxy) is 2. The van der Waals surface area contributed by atoms with Gasteiger partial charge in [0.2, 0.25) is 0 Å². The Bertz CT molecular complexity index is 193. The molecule has 2 aliphatic heterocycles. The largest absolute Gasteiger partial charge is 0.380 e. The van der Waals surface area contributed by atoms with Crippen LogP contribution in [0.5, 0.6) is 0 Å². The van der Waals surface area contributed by atoms with Gasteiger partial charge in [0.25, 0.3) is 0 Å². The minimum atomic E-state index is -0.109. The quantitative estimate of drug-likeness (QED) is 0.687. The first-order chi connectivity index (χ1) is 6.72. The molecule has 4 heteroatoms. The van der Waals surface area contributed by atoms with Crippen LogP contribution in [0.15, 0.2) is 0 Å². The lowest BCUT2D eigenvalue weighted by atomic mass is 10.00. The Morgan fingerprint density at radius 3 is 3.07 bits per heavy atom. The predicted octanol–water partition coefficient (Wildman–Crippen LogP) is -0.175. The van der Waals surface area contributed by atoms with Crippen molar-refractivity contribution in [1.29, 1.82) is 0 Å². The topological polar surface area (TPSA) is 47.7 Å². The van der Waals surface area contributed by atoms with Crippen molar-refractivity contribution in [1.82, 2.24) is 4.90 Å². The molecule has 0 amide bonds. The first kappa shape index (κ1) is 10.4. The number of methoxy groups -OCH3 is 1. The van der Waals surface area contributed by atoms with Crippen molar-refractivity contribution in [3.63, 3.8) is 0 Å². The highest BCUT2D eigenvalue weighted by Crippen LogP contribution is 2.20. The van der Waals surface area contributed by atoms with Gasteiger partial charge < -0.3 is 15.2 Å². The molecule has 82 valence electrons. The van der Waals surface area contributed by atoms with Crippen LogP contribution in [0, 0.1) is 0 Å². The van der Waals surface area contributed by atoms with E-state index in [4.69, 9.17) is 15.2 Å². The molecular formula is C10H20N2O2. The van der Waals surface area contributed by atoms with Gasteiger partial charge in [-0.25, -0.2) is 0 Å². The molecule has 2 aliphatic rings. The van der Waals surface area contributed by atoms with Gasteiger partial charge >= 0.3 is 0 Å². The van der Waals surface area contributed by atoms with Crippen molar-refractivity contribution >= 4 is 0 Å². The summed E-state index contributed by atoms with van der Waals surface area (Å²) in [5, 5.41) is 0. The van der Waals surface area contributed by atoms with Gasteiger partial charge in [0.05, 0.1) is 18.2 Å². The highest BCUT2D eigenvalue weighted by Gasteiger charge is 2.34. The molecule has 2 unspecified atom stereocenters. The van der Waals surface area contributed by atoms with E-state index in [-0.39, 0.29) is 5.54 Å². The molecule has 0 aromatic carbocycles. The van der Waals surface area contributed by atoms with Crippen molar-refractivity contribution in [2.75, 3.05) is 40.0 Å². The molecule has 2 heterocycles. The van der Waals surface area contributed by atoms with Gasteiger partial charge in [-0.05, 0) is 12.8 Å². The Morgan fingerprint density at radius 1 is 1.64 bits per heavy atom. The SMILES string of the molecule is COC1CCN(CC2(N)CCOC2)C1. The van der Waals surface area contributed by atoms with Crippen LogP contribution in [-0.2, 0) is 9.47 Å². The molecule has 0 aromatic heterocycles. The van der Waals surface area contributed by atoms with Crippen LogP contribution in [0.4, 0.5) is 0 Å². The fourth-order valence-electron chi connectivity index (χ4n) is 2.33. The number of nitrogens with zero attached hydrogens (tertiary/aromatic N) is 1. The molecule has 2 N–H and O–H groups in total. The van der Waals surface area contributed by atoms with E-state index in [0.717, 1.165) is 39.1 Å². The average molecular weight is 200 g/mol. The Hall–Kier alpha value is -0.160. The number of hydrogen-bond donors (Lipinski definition) is 1. The zero-order valence-electron chi connectivity index (χ0n) is 8.87. The van der Waals surface area contributed by atoms with E-state index in [9.17, 15) is 0 Å². The monoisotopic (exact) mass is 200 g/mol. The van der Waals surface area contributed by atoms with E-state index in [2.05, 4.69) is 4.90 Å². The van der Waals surface area contributed by atoms with Crippen LogP contribution in [-0.4, -0.2) is 56.5 Å². The molecule has 0 radical (unpaired) electrons. The summed E-state index contributed by atoms with van der Waals surface area (Å²) in [4.78, 5) is 2.39. The summed E-state index contributed by atoms with van der Waals surface area (Å²) in [6.07, 6.45) is 2.52. The van der Waals surface area contributed by atoms with Crippen molar-refractivity contribution in [2.45, 2.75) is 24.5 Å². The molecule has 2 rings (SSSR count). The first-order valence-corrected chi connectivity index (χ1v) is 5.34. The summed E-state index contributed by atoms with van der Waals surface area (Å²) < 4.78 is 10.7. The van der Waals surface area contributed by atoms with Crippen LogP contribution < -0.4 is 5.73 Å². The zero-order chi connectivity index (χ0) is 10.0. The average Bonchev–Trinajstić information content (AvgIpc) is 2.75. The van der Waals surface area contributed by atoms with Crippen LogP contribution in [0.25, 0.3) is 0 Å². The highest BCUT2D eigenvalue weighted by atomic mass is 16.5. The van der Waals surface area contributed by atoms with Crippen molar-refractivity contribution in [3.8, 4) is 0 Å². The van der Waals surface area contributed by atoms with Crippen molar-refractivity contribution in [3.05, 3.63) is 0 Å². The number of rotatable bonds is 3. The maximum atomic E-state index is 6.22. The molecule has 2 atom stereocenters. The van der Waals surface area contributed by atoms with E-state index in [0.29, 0.717) is 12.7 Å². The smallest absolute Gasteiger partial charge is 0.0710 e. The normalized spacial score (nSPS) is 39.4. The van der Waals surface area contributed by atoms with Crippen LogP contribution in [0.1, 0.15) is 12.8 Å². The van der Waals surface area contributed by atoms with E-state index < -0.39 is 0 Å².